The van der Waals surface area contributed by atoms with Crippen LogP contribution in [0, 0.1) is 0 Å². The number of nitrogens with zero attached hydrogens (tertiary/aromatic N) is 2. The summed E-state index contributed by atoms with van der Waals surface area (Å²) in [6, 6.07) is 13.7. The molecule has 0 saturated carbocycles. The zero-order valence-corrected chi connectivity index (χ0v) is 17.1. The quantitative estimate of drug-likeness (QED) is 0.601. The fourth-order valence-corrected chi connectivity index (χ4v) is 5.30. The molecule has 3 rings (SSSR count). The van der Waals surface area contributed by atoms with Crippen LogP contribution in [0.4, 0.5) is 0 Å². The van der Waals surface area contributed by atoms with Gasteiger partial charge in [0, 0.05) is 18.0 Å². The van der Waals surface area contributed by atoms with E-state index >= 15 is 0 Å². The van der Waals surface area contributed by atoms with Crippen molar-refractivity contribution in [3.63, 3.8) is 0 Å². The van der Waals surface area contributed by atoms with E-state index in [2.05, 4.69) is 4.99 Å². The molecule has 0 fully saturated rings. The van der Waals surface area contributed by atoms with E-state index in [9.17, 15) is 13.2 Å². The number of hydrogen-bond acceptors (Lipinski definition) is 4. The zero-order valence-electron chi connectivity index (χ0n) is 14.8. The molecule has 1 heterocycles. The highest BCUT2D eigenvalue weighted by Crippen LogP contribution is 2.22. The molecule has 142 valence electrons. The Bertz CT molecular complexity index is 1130. The summed E-state index contributed by atoms with van der Waals surface area (Å²) >= 11 is 7.43. The van der Waals surface area contributed by atoms with Crippen molar-refractivity contribution in [1.82, 2.24) is 4.57 Å². The summed E-state index contributed by atoms with van der Waals surface area (Å²) in [7, 11) is -3.50. The number of benzene rings is 2. The number of carbonyl (C=O) groups is 1. The average molecular weight is 423 g/mol. The fraction of sp³-hybridized carbons (Fsp3) is 0.263. The van der Waals surface area contributed by atoms with Crippen LogP contribution in [0.5, 0.6) is 0 Å². The van der Waals surface area contributed by atoms with Crippen molar-refractivity contribution in [3.05, 3.63) is 58.4 Å². The van der Waals surface area contributed by atoms with Crippen molar-refractivity contribution >= 4 is 48.9 Å². The summed E-state index contributed by atoms with van der Waals surface area (Å²) < 4.78 is 27.6. The molecule has 0 aliphatic heterocycles. The second-order valence-electron chi connectivity index (χ2n) is 6.04. The van der Waals surface area contributed by atoms with Crippen molar-refractivity contribution < 1.29 is 13.2 Å². The maximum atomic E-state index is 12.3. The number of thiazole rings is 1. The van der Waals surface area contributed by atoms with Gasteiger partial charge in [-0.3, -0.25) is 4.79 Å². The van der Waals surface area contributed by atoms with E-state index in [-0.39, 0.29) is 17.1 Å². The molecule has 3 aromatic rings. The number of carbonyl (C=O) groups excluding carboxylic acids is 1. The summed E-state index contributed by atoms with van der Waals surface area (Å²) in [5, 5.41) is 0.624. The number of aryl methyl sites for hydroxylation is 1. The minimum atomic E-state index is -3.50. The van der Waals surface area contributed by atoms with Gasteiger partial charge in [-0.05, 0) is 36.8 Å². The van der Waals surface area contributed by atoms with E-state index in [0.29, 0.717) is 9.82 Å². The third kappa shape index (κ3) is 4.66. The van der Waals surface area contributed by atoms with Gasteiger partial charge in [0.15, 0.2) is 14.6 Å². The average Bonchev–Trinajstić information content (AvgIpc) is 2.97. The maximum absolute atomic E-state index is 12.3. The number of sulfone groups is 1. The third-order valence-electron chi connectivity index (χ3n) is 4.00. The lowest BCUT2D eigenvalue weighted by Gasteiger charge is -2.03. The number of hydrogen-bond donors (Lipinski definition) is 0. The molecule has 0 N–H and O–H groups in total. The van der Waals surface area contributed by atoms with Crippen LogP contribution in [0.3, 0.4) is 0 Å². The van der Waals surface area contributed by atoms with Crippen molar-refractivity contribution in [1.29, 1.82) is 0 Å². The second-order valence-corrected chi connectivity index (χ2v) is 9.59. The standard InChI is InChI=1S/C19H19ClN2O3S2/c1-2-11-22-16-9-8-14(20)13-17(16)26-19(22)21-18(23)10-12-27(24,25)15-6-4-3-5-7-15/h3-9,13H,2,10-12H2,1H3. The van der Waals surface area contributed by atoms with Crippen LogP contribution >= 0.6 is 22.9 Å². The van der Waals surface area contributed by atoms with Gasteiger partial charge >= 0.3 is 0 Å². The normalized spacial score (nSPS) is 12.6. The minimum absolute atomic E-state index is 0.154. The topological polar surface area (TPSA) is 68.5 Å². The second kappa shape index (κ2) is 8.37. The molecule has 2 aromatic carbocycles. The van der Waals surface area contributed by atoms with Crippen LogP contribution in [-0.2, 0) is 21.2 Å². The van der Waals surface area contributed by atoms with Crippen LogP contribution in [-0.4, -0.2) is 24.6 Å². The fourth-order valence-electron chi connectivity index (χ4n) is 2.70. The predicted molar refractivity (Wildman–Crippen MR) is 109 cm³/mol. The minimum Gasteiger partial charge on any atom is -0.316 e. The van der Waals surface area contributed by atoms with Gasteiger partial charge in [0.2, 0.25) is 5.91 Å². The molecule has 0 aliphatic carbocycles. The van der Waals surface area contributed by atoms with E-state index in [0.717, 1.165) is 23.2 Å². The lowest BCUT2D eigenvalue weighted by atomic mass is 10.3. The van der Waals surface area contributed by atoms with Gasteiger partial charge in [-0.15, -0.1) is 0 Å². The van der Waals surface area contributed by atoms with Crippen LogP contribution in [0.15, 0.2) is 58.4 Å². The number of amides is 1. The summed E-state index contributed by atoms with van der Waals surface area (Å²) in [4.78, 5) is 17.3. The lowest BCUT2D eigenvalue weighted by Crippen LogP contribution is -2.18. The molecule has 0 aliphatic rings. The van der Waals surface area contributed by atoms with E-state index in [1.165, 1.54) is 23.5 Å². The van der Waals surface area contributed by atoms with E-state index in [1.54, 1.807) is 24.3 Å². The SMILES string of the molecule is CCCn1c(=NC(=O)CCS(=O)(=O)c2ccccc2)sc2cc(Cl)ccc21. The first-order valence-electron chi connectivity index (χ1n) is 8.55. The molecular weight excluding hydrogens is 404 g/mol. The zero-order chi connectivity index (χ0) is 19.4. The summed E-state index contributed by atoms with van der Waals surface area (Å²) in [6.07, 6.45) is 0.733. The van der Waals surface area contributed by atoms with Crippen LogP contribution < -0.4 is 4.80 Å². The molecule has 1 amide bonds. The molecule has 0 unspecified atom stereocenters. The molecule has 0 radical (unpaired) electrons. The molecule has 5 nitrogen and oxygen atoms in total. The Morgan fingerprint density at radius 1 is 1.19 bits per heavy atom. The van der Waals surface area contributed by atoms with Crippen molar-refractivity contribution in [2.75, 3.05) is 5.75 Å². The molecule has 0 atom stereocenters. The number of rotatable bonds is 6. The number of aromatic nitrogens is 1. The highest BCUT2D eigenvalue weighted by molar-refractivity contribution is 7.91. The van der Waals surface area contributed by atoms with Gasteiger partial charge in [-0.1, -0.05) is 48.1 Å². The summed E-state index contributed by atoms with van der Waals surface area (Å²) in [6.45, 7) is 2.76. The highest BCUT2D eigenvalue weighted by Gasteiger charge is 2.16. The molecule has 0 spiro atoms. The molecule has 27 heavy (non-hydrogen) atoms. The monoisotopic (exact) mass is 422 g/mol. The summed E-state index contributed by atoms with van der Waals surface area (Å²) in [5.74, 6) is -0.707. The van der Waals surface area contributed by atoms with Gasteiger partial charge in [-0.2, -0.15) is 4.99 Å². The first-order chi connectivity index (χ1) is 12.9. The Balaban J connectivity index is 1.86. The van der Waals surface area contributed by atoms with E-state index in [4.69, 9.17) is 11.6 Å². The Morgan fingerprint density at radius 3 is 2.63 bits per heavy atom. The molecule has 0 bridgehead atoms. The number of halogens is 1. The Morgan fingerprint density at radius 2 is 1.93 bits per heavy atom. The number of fused-ring (bicyclic) bond motifs is 1. The Hall–Kier alpha value is -1.96. The largest absolute Gasteiger partial charge is 0.316 e. The van der Waals surface area contributed by atoms with E-state index < -0.39 is 15.7 Å². The smallest absolute Gasteiger partial charge is 0.249 e. The van der Waals surface area contributed by atoms with Gasteiger partial charge in [0.05, 0.1) is 20.9 Å². The van der Waals surface area contributed by atoms with Gasteiger partial charge in [-0.25, -0.2) is 8.42 Å². The van der Waals surface area contributed by atoms with Gasteiger partial charge in [0.1, 0.15) is 0 Å². The van der Waals surface area contributed by atoms with E-state index in [1.807, 2.05) is 23.6 Å². The first-order valence-corrected chi connectivity index (χ1v) is 11.4. The third-order valence-corrected chi connectivity index (χ3v) is 7.01. The maximum Gasteiger partial charge on any atom is 0.249 e. The molecule has 8 heteroatoms. The van der Waals surface area contributed by atoms with Crippen molar-refractivity contribution in [2.24, 2.45) is 4.99 Å². The van der Waals surface area contributed by atoms with Crippen molar-refractivity contribution in [3.8, 4) is 0 Å². The molecular formula is C19H19ClN2O3S2. The van der Waals surface area contributed by atoms with Crippen LogP contribution in [0.2, 0.25) is 5.02 Å². The Labute approximate surface area is 166 Å². The van der Waals surface area contributed by atoms with Crippen LogP contribution in [0.25, 0.3) is 10.2 Å². The highest BCUT2D eigenvalue weighted by atomic mass is 35.5. The lowest BCUT2D eigenvalue weighted by molar-refractivity contribution is -0.117. The van der Waals surface area contributed by atoms with Crippen molar-refractivity contribution in [2.45, 2.75) is 31.2 Å². The van der Waals surface area contributed by atoms with Crippen LogP contribution in [0.1, 0.15) is 19.8 Å². The van der Waals surface area contributed by atoms with Gasteiger partial charge in [0.25, 0.3) is 0 Å². The molecule has 1 aromatic heterocycles. The Kier molecular flexibility index (Phi) is 6.14. The molecule has 0 saturated heterocycles. The summed E-state index contributed by atoms with van der Waals surface area (Å²) in [5.41, 5.74) is 0.967. The first kappa shape index (κ1) is 19.8. The van der Waals surface area contributed by atoms with Gasteiger partial charge < -0.3 is 4.57 Å². The predicted octanol–water partition coefficient (Wildman–Crippen LogP) is 4.06.